The van der Waals surface area contributed by atoms with Crippen LogP contribution in [0.25, 0.3) is 0 Å². The van der Waals surface area contributed by atoms with Crippen molar-refractivity contribution >= 4 is 27.5 Å². The van der Waals surface area contributed by atoms with E-state index in [-0.39, 0.29) is 18.6 Å². The van der Waals surface area contributed by atoms with Crippen molar-refractivity contribution in [3.63, 3.8) is 0 Å². The van der Waals surface area contributed by atoms with Gasteiger partial charge in [-0.25, -0.2) is 8.42 Å². The molecule has 0 fully saturated rings. The van der Waals surface area contributed by atoms with Crippen LogP contribution < -0.4 is 9.62 Å². The third kappa shape index (κ3) is 7.96. The second kappa shape index (κ2) is 10.3. The molecule has 0 spiro atoms. The van der Waals surface area contributed by atoms with Gasteiger partial charge in [0.15, 0.2) is 0 Å². The van der Waals surface area contributed by atoms with Gasteiger partial charge in [-0.05, 0) is 44.5 Å². The predicted molar refractivity (Wildman–Crippen MR) is 105 cm³/mol. The number of nitrogens with zero attached hydrogens (tertiary/aromatic N) is 2. The van der Waals surface area contributed by atoms with Crippen LogP contribution in [0.1, 0.15) is 30.6 Å². The van der Waals surface area contributed by atoms with Crippen molar-refractivity contribution in [3.8, 4) is 0 Å². The highest BCUT2D eigenvalue weighted by Gasteiger charge is 2.21. The molecule has 1 rings (SSSR count). The standard InChI is InChI=1S/C18H29N3O5S/c1-14(2)26-12-6-11-19-17(22)13-21(27(5,24)25)16-9-7-15(8-10-16)18(23)20(3)4/h7-10,14H,6,11-13H2,1-5H3,(H,19,22). The molecule has 1 N–H and O–H groups in total. The normalized spacial score (nSPS) is 11.3. The third-order valence-electron chi connectivity index (χ3n) is 3.59. The lowest BCUT2D eigenvalue weighted by Crippen LogP contribution is -2.40. The molecule has 0 aliphatic carbocycles. The summed E-state index contributed by atoms with van der Waals surface area (Å²) in [5.74, 6) is -0.591. The van der Waals surface area contributed by atoms with E-state index in [4.69, 9.17) is 4.74 Å². The Hall–Kier alpha value is -2.13. The molecule has 152 valence electrons. The Morgan fingerprint density at radius 1 is 1.15 bits per heavy atom. The second-order valence-corrected chi connectivity index (χ2v) is 8.55. The lowest BCUT2D eigenvalue weighted by molar-refractivity contribution is -0.119. The highest BCUT2D eigenvalue weighted by atomic mass is 32.2. The second-order valence-electron chi connectivity index (χ2n) is 6.64. The molecule has 2 amide bonds. The Balaban J connectivity index is 2.74. The summed E-state index contributed by atoms with van der Waals surface area (Å²) in [6, 6.07) is 6.11. The molecule has 0 saturated heterocycles. The van der Waals surface area contributed by atoms with Gasteiger partial charge in [-0.2, -0.15) is 0 Å². The molecule has 0 radical (unpaired) electrons. The molecule has 0 aliphatic heterocycles. The maximum Gasteiger partial charge on any atom is 0.253 e. The number of carbonyl (C=O) groups excluding carboxylic acids is 2. The maximum atomic E-state index is 12.1. The fourth-order valence-corrected chi connectivity index (χ4v) is 3.09. The quantitative estimate of drug-likeness (QED) is 0.594. The number of sulfonamides is 1. The molecule has 1 aromatic carbocycles. The van der Waals surface area contributed by atoms with Crippen LogP contribution in [0.2, 0.25) is 0 Å². The SMILES string of the molecule is CC(C)OCCCNC(=O)CN(c1ccc(C(=O)N(C)C)cc1)S(C)(=O)=O. The van der Waals surface area contributed by atoms with Gasteiger partial charge >= 0.3 is 0 Å². The number of carbonyl (C=O) groups is 2. The lowest BCUT2D eigenvalue weighted by atomic mass is 10.2. The first-order valence-electron chi connectivity index (χ1n) is 8.70. The van der Waals surface area contributed by atoms with Gasteiger partial charge in [-0.1, -0.05) is 0 Å². The Morgan fingerprint density at radius 3 is 2.22 bits per heavy atom. The topological polar surface area (TPSA) is 96.0 Å². The van der Waals surface area contributed by atoms with Crippen LogP contribution in [-0.4, -0.2) is 71.3 Å². The molecule has 27 heavy (non-hydrogen) atoms. The first-order chi connectivity index (χ1) is 12.5. The first-order valence-corrected chi connectivity index (χ1v) is 10.5. The third-order valence-corrected chi connectivity index (χ3v) is 4.73. The highest BCUT2D eigenvalue weighted by Crippen LogP contribution is 2.18. The van der Waals surface area contributed by atoms with E-state index in [2.05, 4.69) is 5.32 Å². The molecule has 0 bridgehead atoms. The van der Waals surface area contributed by atoms with Gasteiger partial charge in [-0.3, -0.25) is 13.9 Å². The van der Waals surface area contributed by atoms with Crippen molar-refractivity contribution in [2.24, 2.45) is 0 Å². The zero-order valence-electron chi connectivity index (χ0n) is 16.6. The molecular formula is C18H29N3O5S. The summed E-state index contributed by atoms with van der Waals surface area (Å²) in [5, 5.41) is 2.69. The fraction of sp³-hybridized carbons (Fsp3) is 0.556. The first kappa shape index (κ1) is 22.9. The molecule has 1 aromatic rings. The van der Waals surface area contributed by atoms with Crippen molar-refractivity contribution < 1.29 is 22.7 Å². The number of hydrogen-bond acceptors (Lipinski definition) is 5. The van der Waals surface area contributed by atoms with Gasteiger partial charge in [0, 0.05) is 32.8 Å². The number of hydrogen-bond donors (Lipinski definition) is 1. The van der Waals surface area contributed by atoms with Gasteiger partial charge in [0.2, 0.25) is 15.9 Å². The zero-order valence-corrected chi connectivity index (χ0v) is 17.4. The van der Waals surface area contributed by atoms with Crippen LogP contribution >= 0.6 is 0 Å². The van der Waals surface area contributed by atoms with Crippen LogP contribution in [0.5, 0.6) is 0 Å². The van der Waals surface area contributed by atoms with Crippen molar-refractivity contribution in [1.29, 1.82) is 0 Å². The van der Waals surface area contributed by atoms with Gasteiger partial charge in [-0.15, -0.1) is 0 Å². The largest absolute Gasteiger partial charge is 0.379 e. The van der Waals surface area contributed by atoms with Crippen LogP contribution in [0.15, 0.2) is 24.3 Å². The van der Waals surface area contributed by atoms with E-state index in [1.54, 1.807) is 14.1 Å². The van der Waals surface area contributed by atoms with Crippen molar-refractivity contribution in [2.75, 3.05) is 44.4 Å². The molecule has 0 atom stereocenters. The Morgan fingerprint density at radius 2 is 1.74 bits per heavy atom. The highest BCUT2D eigenvalue weighted by molar-refractivity contribution is 7.92. The van der Waals surface area contributed by atoms with Crippen LogP contribution in [0, 0.1) is 0 Å². The number of amides is 2. The van der Waals surface area contributed by atoms with Crippen molar-refractivity contribution in [3.05, 3.63) is 29.8 Å². The van der Waals surface area contributed by atoms with E-state index in [1.165, 1.54) is 29.2 Å². The molecule has 0 unspecified atom stereocenters. The monoisotopic (exact) mass is 399 g/mol. The van der Waals surface area contributed by atoms with E-state index in [0.29, 0.717) is 30.8 Å². The summed E-state index contributed by atoms with van der Waals surface area (Å²) in [6.07, 6.45) is 1.81. The average Bonchev–Trinajstić information content (AvgIpc) is 2.57. The van der Waals surface area contributed by atoms with E-state index in [9.17, 15) is 18.0 Å². The maximum absolute atomic E-state index is 12.1. The molecule has 0 aliphatic rings. The summed E-state index contributed by atoms with van der Waals surface area (Å²) in [4.78, 5) is 25.5. The van der Waals surface area contributed by atoms with Gasteiger partial charge in [0.1, 0.15) is 6.54 Å². The van der Waals surface area contributed by atoms with E-state index < -0.39 is 15.9 Å². The summed E-state index contributed by atoms with van der Waals surface area (Å²) < 4.78 is 30.6. The van der Waals surface area contributed by atoms with Crippen molar-refractivity contribution in [1.82, 2.24) is 10.2 Å². The van der Waals surface area contributed by atoms with Gasteiger partial charge in [0.05, 0.1) is 18.0 Å². The molecule has 0 heterocycles. The average molecular weight is 400 g/mol. The Labute approximate surface area is 161 Å². The minimum absolute atomic E-state index is 0.128. The predicted octanol–water partition coefficient (Wildman–Crippen LogP) is 1.09. The molecular weight excluding hydrogens is 370 g/mol. The van der Waals surface area contributed by atoms with Crippen molar-refractivity contribution in [2.45, 2.75) is 26.4 Å². The Kier molecular flexibility index (Phi) is 8.71. The number of rotatable bonds is 10. The summed E-state index contributed by atoms with van der Waals surface area (Å²) in [5.41, 5.74) is 0.762. The zero-order chi connectivity index (χ0) is 20.6. The lowest BCUT2D eigenvalue weighted by Gasteiger charge is -2.22. The van der Waals surface area contributed by atoms with E-state index in [1.807, 2.05) is 13.8 Å². The number of ether oxygens (including phenoxy) is 1. The number of anilines is 1. The summed E-state index contributed by atoms with van der Waals surface area (Å²) >= 11 is 0. The Bertz CT molecular complexity index is 730. The van der Waals surface area contributed by atoms with Gasteiger partial charge in [0.25, 0.3) is 5.91 Å². The number of benzene rings is 1. The van der Waals surface area contributed by atoms with Crippen LogP contribution in [0.4, 0.5) is 5.69 Å². The number of nitrogens with one attached hydrogen (secondary N) is 1. The molecule has 0 saturated carbocycles. The summed E-state index contributed by atoms with van der Waals surface area (Å²) in [6.45, 7) is 4.46. The fourth-order valence-electron chi connectivity index (χ4n) is 2.23. The molecule has 9 heteroatoms. The minimum atomic E-state index is -3.66. The van der Waals surface area contributed by atoms with Crippen LogP contribution in [0.3, 0.4) is 0 Å². The smallest absolute Gasteiger partial charge is 0.253 e. The minimum Gasteiger partial charge on any atom is -0.379 e. The van der Waals surface area contributed by atoms with Crippen LogP contribution in [-0.2, 0) is 19.6 Å². The van der Waals surface area contributed by atoms with E-state index >= 15 is 0 Å². The molecule has 0 aromatic heterocycles. The summed E-state index contributed by atoms with van der Waals surface area (Å²) in [7, 11) is -0.387. The molecule has 8 nitrogen and oxygen atoms in total. The van der Waals surface area contributed by atoms with Gasteiger partial charge < -0.3 is 15.0 Å². The van der Waals surface area contributed by atoms with E-state index in [0.717, 1.165) is 10.6 Å².